The van der Waals surface area contributed by atoms with Gasteiger partial charge >= 0.3 is 0 Å². The van der Waals surface area contributed by atoms with E-state index in [0.29, 0.717) is 0 Å². The van der Waals surface area contributed by atoms with E-state index in [1.54, 1.807) is 0 Å². The van der Waals surface area contributed by atoms with Crippen LogP contribution in [0.4, 0.5) is 0 Å². The highest BCUT2D eigenvalue weighted by Crippen LogP contribution is 2.29. The van der Waals surface area contributed by atoms with Gasteiger partial charge in [0.1, 0.15) is 5.82 Å². The third-order valence-corrected chi connectivity index (χ3v) is 5.78. The first kappa shape index (κ1) is 21.1. The van der Waals surface area contributed by atoms with Gasteiger partial charge in [-0.25, -0.2) is 4.98 Å². The van der Waals surface area contributed by atoms with Crippen molar-refractivity contribution in [1.82, 2.24) is 9.97 Å². The van der Waals surface area contributed by atoms with Crippen molar-refractivity contribution < 1.29 is 0 Å². The minimum atomic E-state index is 0.0208. The summed E-state index contributed by atoms with van der Waals surface area (Å²) in [5, 5.41) is 0. The zero-order valence-corrected chi connectivity index (χ0v) is 19.5. The Kier molecular flexibility index (Phi) is 5.35. The SMILES string of the molecule is CC(C)(C)c1ccc(-c2ccc(-c3ccc(-c4cnc(C(C)(C)C)[nH]4)cc3)cc2)cc1. The number of hydrogen-bond acceptors (Lipinski definition) is 1. The van der Waals surface area contributed by atoms with Gasteiger partial charge in [-0.05, 0) is 38.8 Å². The molecule has 0 spiro atoms. The molecule has 0 aliphatic carbocycles. The predicted molar refractivity (Wildman–Crippen MR) is 132 cm³/mol. The van der Waals surface area contributed by atoms with Gasteiger partial charge in [0.15, 0.2) is 0 Å². The van der Waals surface area contributed by atoms with Crippen molar-refractivity contribution in [3.63, 3.8) is 0 Å². The first-order valence-corrected chi connectivity index (χ1v) is 11.0. The van der Waals surface area contributed by atoms with Crippen LogP contribution in [0.25, 0.3) is 33.5 Å². The number of nitrogens with one attached hydrogen (secondary N) is 1. The van der Waals surface area contributed by atoms with E-state index < -0.39 is 0 Å². The molecule has 0 fully saturated rings. The fourth-order valence-electron chi connectivity index (χ4n) is 3.71. The second kappa shape index (κ2) is 7.85. The van der Waals surface area contributed by atoms with Gasteiger partial charge in [0.05, 0.1) is 11.9 Å². The van der Waals surface area contributed by atoms with E-state index in [0.717, 1.165) is 17.1 Å². The zero-order valence-electron chi connectivity index (χ0n) is 19.5. The van der Waals surface area contributed by atoms with Crippen LogP contribution in [0.5, 0.6) is 0 Å². The lowest BCUT2D eigenvalue weighted by molar-refractivity contribution is 0.553. The van der Waals surface area contributed by atoms with Crippen molar-refractivity contribution in [3.05, 3.63) is 90.4 Å². The van der Waals surface area contributed by atoms with Crippen molar-refractivity contribution in [2.24, 2.45) is 0 Å². The molecule has 0 radical (unpaired) electrons. The maximum Gasteiger partial charge on any atom is 0.111 e. The smallest absolute Gasteiger partial charge is 0.111 e. The van der Waals surface area contributed by atoms with Crippen LogP contribution < -0.4 is 0 Å². The topological polar surface area (TPSA) is 28.7 Å². The molecule has 4 rings (SSSR count). The molecule has 2 heteroatoms. The molecule has 158 valence electrons. The molecule has 0 saturated carbocycles. The average molecular weight is 409 g/mol. The average Bonchev–Trinajstić information content (AvgIpc) is 3.25. The molecule has 0 aliphatic heterocycles. The summed E-state index contributed by atoms with van der Waals surface area (Å²) < 4.78 is 0. The summed E-state index contributed by atoms with van der Waals surface area (Å²) in [4.78, 5) is 8.00. The second-order valence-electron chi connectivity index (χ2n) is 10.4. The largest absolute Gasteiger partial charge is 0.342 e. The van der Waals surface area contributed by atoms with Gasteiger partial charge in [-0.1, -0.05) is 114 Å². The molecule has 0 unspecified atom stereocenters. The quantitative estimate of drug-likeness (QED) is 0.365. The van der Waals surface area contributed by atoms with Crippen molar-refractivity contribution >= 4 is 0 Å². The third kappa shape index (κ3) is 4.64. The van der Waals surface area contributed by atoms with Crippen LogP contribution in [-0.4, -0.2) is 9.97 Å². The second-order valence-corrected chi connectivity index (χ2v) is 10.4. The molecular formula is C29H32N2. The van der Waals surface area contributed by atoms with E-state index in [1.807, 2.05) is 6.20 Å². The molecule has 0 bridgehead atoms. The van der Waals surface area contributed by atoms with Gasteiger partial charge in [-0.3, -0.25) is 0 Å². The Bertz CT molecular complexity index is 1150. The summed E-state index contributed by atoms with van der Waals surface area (Å²) in [5.74, 6) is 1.01. The van der Waals surface area contributed by atoms with Gasteiger partial charge in [-0.15, -0.1) is 0 Å². The van der Waals surface area contributed by atoms with Gasteiger partial charge in [0, 0.05) is 5.41 Å². The summed E-state index contributed by atoms with van der Waals surface area (Å²) in [6.07, 6.45) is 1.93. The van der Waals surface area contributed by atoms with Crippen molar-refractivity contribution in [2.45, 2.75) is 52.4 Å². The van der Waals surface area contributed by atoms with Crippen molar-refractivity contribution in [2.75, 3.05) is 0 Å². The van der Waals surface area contributed by atoms with E-state index in [9.17, 15) is 0 Å². The number of hydrogen-bond donors (Lipinski definition) is 1. The molecule has 0 atom stereocenters. The lowest BCUT2D eigenvalue weighted by Gasteiger charge is -2.19. The minimum Gasteiger partial charge on any atom is -0.342 e. The number of aromatic nitrogens is 2. The van der Waals surface area contributed by atoms with E-state index in [-0.39, 0.29) is 10.8 Å². The summed E-state index contributed by atoms with van der Waals surface area (Å²) in [6.45, 7) is 13.2. The van der Waals surface area contributed by atoms with Gasteiger partial charge in [0.25, 0.3) is 0 Å². The minimum absolute atomic E-state index is 0.0208. The van der Waals surface area contributed by atoms with Crippen LogP contribution in [0.1, 0.15) is 52.9 Å². The fourth-order valence-corrected chi connectivity index (χ4v) is 3.71. The van der Waals surface area contributed by atoms with Gasteiger partial charge in [-0.2, -0.15) is 0 Å². The molecule has 2 nitrogen and oxygen atoms in total. The van der Waals surface area contributed by atoms with Crippen LogP contribution in [0.15, 0.2) is 79.0 Å². The lowest BCUT2D eigenvalue weighted by atomic mass is 9.86. The van der Waals surface area contributed by atoms with Crippen LogP contribution in [0.2, 0.25) is 0 Å². The van der Waals surface area contributed by atoms with Crippen LogP contribution >= 0.6 is 0 Å². The summed E-state index contributed by atoms with van der Waals surface area (Å²) >= 11 is 0. The molecule has 4 aromatic rings. The molecule has 1 aromatic heterocycles. The van der Waals surface area contributed by atoms with E-state index >= 15 is 0 Å². The number of rotatable bonds is 3. The van der Waals surface area contributed by atoms with E-state index in [2.05, 4.69) is 124 Å². The van der Waals surface area contributed by atoms with Crippen LogP contribution in [0, 0.1) is 0 Å². The van der Waals surface area contributed by atoms with Crippen LogP contribution in [-0.2, 0) is 10.8 Å². The standard InChI is InChI=1S/C29H32N2/c1-28(2,3)25-17-15-23(16-18-25)21-9-7-20(8-10-21)22-11-13-24(14-12-22)26-19-30-27(31-26)29(4,5)6/h7-19H,1-6H3,(H,30,31). The number of nitrogens with zero attached hydrogens (tertiary/aromatic N) is 1. The first-order chi connectivity index (χ1) is 14.6. The number of imidazole rings is 1. The first-order valence-electron chi connectivity index (χ1n) is 11.0. The van der Waals surface area contributed by atoms with Crippen molar-refractivity contribution in [3.8, 4) is 33.5 Å². The molecule has 1 heterocycles. The number of H-pyrrole nitrogens is 1. The highest BCUT2D eigenvalue weighted by Gasteiger charge is 2.18. The lowest BCUT2D eigenvalue weighted by Crippen LogP contribution is -2.13. The molecule has 0 aliphatic rings. The highest BCUT2D eigenvalue weighted by molar-refractivity contribution is 5.72. The summed E-state index contributed by atoms with van der Waals surface area (Å²) in [5.41, 5.74) is 8.71. The zero-order chi connectivity index (χ0) is 22.2. The Labute approximate surface area is 186 Å². The number of aromatic amines is 1. The molecular weight excluding hydrogens is 376 g/mol. The highest BCUT2D eigenvalue weighted by atomic mass is 14.9. The van der Waals surface area contributed by atoms with Gasteiger partial charge in [0.2, 0.25) is 0 Å². The Morgan fingerprint density at radius 1 is 0.516 bits per heavy atom. The predicted octanol–water partition coefficient (Wildman–Crippen LogP) is 8.01. The molecule has 1 N–H and O–H groups in total. The van der Waals surface area contributed by atoms with Gasteiger partial charge < -0.3 is 4.98 Å². The molecule has 3 aromatic carbocycles. The monoisotopic (exact) mass is 408 g/mol. The number of benzene rings is 3. The Balaban J connectivity index is 1.52. The maximum absolute atomic E-state index is 4.55. The Morgan fingerprint density at radius 3 is 1.26 bits per heavy atom. The molecule has 0 saturated heterocycles. The summed E-state index contributed by atoms with van der Waals surface area (Å²) in [7, 11) is 0. The third-order valence-electron chi connectivity index (χ3n) is 5.78. The normalized spacial score (nSPS) is 12.2. The fraction of sp³-hybridized carbons (Fsp3) is 0.276. The van der Waals surface area contributed by atoms with Crippen LogP contribution in [0.3, 0.4) is 0 Å². The Morgan fingerprint density at radius 2 is 0.903 bits per heavy atom. The van der Waals surface area contributed by atoms with E-state index in [4.69, 9.17) is 0 Å². The Hall–Kier alpha value is -3.13. The maximum atomic E-state index is 4.55. The van der Waals surface area contributed by atoms with Crippen molar-refractivity contribution in [1.29, 1.82) is 0 Å². The summed E-state index contributed by atoms with van der Waals surface area (Å²) in [6, 6.07) is 26.4. The molecule has 31 heavy (non-hydrogen) atoms. The molecule has 0 amide bonds. The van der Waals surface area contributed by atoms with E-state index in [1.165, 1.54) is 27.8 Å².